The van der Waals surface area contributed by atoms with Crippen LogP contribution in [0.2, 0.25) is 0 Å². The minimum Gasteiger partial charge on any atom is -0.466 e. The molecule has 9 nitrogen and oxygen atoms in total. The lowest BCUT2D eigenvalue weighted by Crippen LogP contribution is -2.69. The third kappa shape index (κ3) is 9.17. The molecule has 0 aliphatic rings. The van der Waals surface area contributed by atoms with E-state index in [0.29, 0.717) is 13.8 Å². The van der Waals surface area contributed by atoms with E-state index in [1.165, 1.54) is 27.9 Å². The van der Waals surface area contributed by atoms with Crippen molar-refractivity contribution in [1.29, 1.82) is 0 Å². The van der Waals surface area contributed by atoms with Crippen molar-refractivity contribution >= 4 is 23.9 Å². The molecule has 0 aromatic heterocycles. The Bertz CT molecular complexity index is 856. The summed E-state index contributed by atoms with van der Waals surface area (Å²) in [6.07, 6.45) is -12.2. The van der Waals surface area contributed by atoms with Crippen LogP contribution in [0.25, 0.3) is 0 Å². The van der Waals surface area contributed by atoms with Crippen LogP contribution in [0.15, 0.2) is 24.3 Å². The van der Waals surface area contributed by atoms with Crippen LogP contribution in [0.1, 0.15) is 41.5 Å². The fourth-order valence-electron chi connectivity index (χ4n) is 2.09. The first-order chi connectivity index (χ1) is 15.8. The number of aliphatic hydroxyl groups is 1. The first-order valence-electron chi connectivity index (χ1n) is 9.66. The maximum atomic E-state index is 12.6. The molecule has 0 radical (unpaired) electrons. The molecular formula is C21H28F6O9. The van der Waals surface area contributed by atoms with Gasteiger partial charge in [0.25, 0.3) is 5.60 Å². The maximum Gasteiger partial charge on any atom is 0.430 e. The maximum absolute atomic E-state index is 12.6. The van der Waals surface area contributed by atoms with Gasteiger partial charge in [-0.2, -0.15) is 26.3 Å². The van der Waals surface area contributed by atoms with Gasteiger partial charge in [0.15, 0.2) is 12.2 Å². The number of ether oxygens (including phenoxy) is 4. The summed E-state index contributed by atoms with van der Waals surface area (Å²) >= 11 is 0. The highest BCUT2D eigenvalue weighted by Gasteiger charge is 2.78. The van der Waals surface area contributed by atoms with E-state index >= 15 is 0 Å². The van der Waals surface area contributed by atoms with E-state index in [9.17, 15) is 45.5 Å². The summed E-state index contributed by atoms with van der Waals surface area (Å²) in [6, 6.07) is 0. The van der Waals surface area contributed by atoms with Gasteiger partial charge in [0, 0.05) is 11.1 Å². The molecule has 0 amide bonds. The Morgan fingerprint density at radius 1 is 0.778 bits per heavy atom. The average molecular weight is 538 g/mol. The van der Waals surface area contributed by atoms with Gasteiger partial charge in [0.05, 0.1) is 7.11 Å². The smallest absolute Gasteiger partial charge is 0.430 e. The zero-order chi connectivity index (χ0) is 29.5. The molecule has 0 aliphatic carbocycles. The zero-order valence-corrected chi connectivity index (χ0v) is 20.6. The monoisotopic (exact) mass is 538 g/mol. The molecule has 0 spiro atoms. The van der Waals surface area contributed by atoms with Gasteiger partial charge in [-0.3, -0.25) is 0 Å². The molecule has 0 aromatic carbocycles. The molecule has 15 heteroatoms. The summed E-state index contributed by atoms with van der Waals surface area (Å²) in [5.41, 5.74) is -10.1. The van der Waals surface area contributed by atoms with E-state index in [0.717, 1.165) is 6.92 Å². The van der Waals surface area contributed by atoms with Crippen molar-refractivity contribution in [3.8, 4) is 0 Å². The number of halogens is 6. The van der Waals surface area contributed by atoms with E-state index < -0.39 is 65.2 Å². The molecule has 0 aromatic rings. The van der Waals surface area contributed by atoms with Crippen LogP contribution < -0.4 is 0 Å². The Hall–Kier alpha value is -3.10. The Balaban J connectivity index is 0. The lowest BCUT2D eigenvalue weighted by Gasteiger charge is -2.43. The lowest BCUT2D eigenvalue weighted by molar-refractivity contribution is -0.407. The molecule has 0 fully saturated rings. The highest BCUT2D eigenvalue weighted by Crippen LogP contribution is 2.50. The molecular weight excluding hydrogens is 510 g/mol. The second kappa shape index (κ2) is 12.2. The van der Waals surface area contributed by atoms with Crippen molar-refractivity contribution in [1.82, 2.24) is 0 Å². The largest absolute Gasteiger partial charge is 0.466 e. The van der Waals surface area contributed by atoms with Crippen LogP contribution in [0, 0.1) is 0 Å². The fraction of sp³-hybridized carbons (Fsp3) is 0.619. The SMILES string of the molecule is C=C(C)C(=O)OC(C)(C)C(O)(C(F)(F)F)C(F)(F)F.C=C(C)C(=O)OCC(=O)OC(C)(C)C(=O)OC. The Kier molecular flexibility index (Phi) is 11.9. The number of hydrogen-bond donors (Lipinski definition) is 1. The molecule has 36 heavy (non-hydrogen) atoms. The second-order valence-corrected chi connectivity index (χ2v) is 8.22. The molecule has 0 unspecified atom stereocenters. The Labute approximate surface area is 203 Å². The van der Waals surface area contributed by atoms with Crippen molar-refractivity contribution in [3.05, 3.63) is 24.3 Å². The summed E-state index contributed by atoms with van der Waals surface area (Å²) in [5.74, 6) is -3.71. The number of methoxy groups -OCH3 is 1. The number of esters is 4. The quantitative estimate of drug-likeness (QED) is 0.214. The summed E-state index contributed by atoms with van der Waals surface area (Å²) in [5, 5.41) is 9.09. The van der Waals surface area contributed by atoms with Gasteiger partial charge in [-0.25, -0.2) is 19.2 Å². The van der Waals surface area contributed by atoms with Crippen molar-refractivity contribution in [2.45, 2.75) is 70.7 Å². The van der Waals surface area contributed by atoms with E-state index in [2.05, 4.69) is 27.4 Å². The van der Waals surface area contributed by atoms with Crippen molar-refractivity contribution in [2.75, 3.05) is 13.7 Å². The van der Waals surface area contributed by atoms with Gasteiger partial charge in [0.1, 0.15) is 0 Å². The number of rotatable bonds is 8. The topological polar surface area (TPSA) is 125 Å². The highest BCUT2D eigenvalue weighted by molar-refractivity contribution is 5.89. The molecule has 0 rings (SSSR count). The number of carbonyl (C=O) groups excluding carboxylic acids is 4. The van der Waals surface area contributed by atoms with Crippen LogP contribution in [0.5, 0.6) is 0 Å². The minimum absolute atomic E-state index is 0.171. The molecule has 0 saturated carbocycles. The molecule has 1 N–H and O–H groups in total. The van der Waals surface area contributed by atoms with Crippen molar-refractivity contribution < 1.29 is 69.6 Å². The minimum atomic E-state index is -6.08. The zero-order valence-electron chi connectivity index (χ0n) is 20.6. The Morgan fingerprint density at radius 3 is 1.47 bits per heavy atom. The van der Waals surface area contributed by atoms with E-state index in [4.69, 9.17) is 9.84 Å². The number of alkyl halides is 6. The fourth-order valence-corrected chi connectivity index (χ4v) is 2.09. The van der Waals surface area contributed by atoms with Crippen LogP contribution >= 0.6 is 0 Å². The molecule has 208 valence electrons. The molecule has 0 aliphatic heterocycles. The first-order valence-corrected chi connectivity index (χ1v) is 9.66. The number of carbonyl (C=O) groups is 4. The van der Waals surface area contributed by atoms with Gasteiger partial charge in [-0.05, 0) is 41.5 Å². The molecule has 0 bridgehead atoms. The van der Waals surface area contributed by atoms with Crippen molar-refractivity contribution in [3.63, 3.8) is 0 Å². The third-order valence-electron chi connectivity index (χ3n) is 4.10. The van der Waals surface area contributed by atoms with Gasteiger partial charge < -0.3 is 24.1 Å². The molecule has 0 heterocycles. The average Bonchev–Trinajstić information content (AvgIpc) is 2.68. The van der Waals surface area contributed by atoms with E-state index in [1.54, 1.807) is 0 Å². The summed E-state index contributed by atoms with van der Waals surface area (Å²) < 4.78 is 93.3. The third-order valence-corrected chi connectivity index (χ3v) is 4.10. The van der Waals surface area contributed by atoms with Crippen LogP contribution in [0.3, 0.4) is 0 Å². The van der Waals surface area contributed by atoms with E-state index in [1.807, 2.05) is 0 Å². The van der Waals surface area contributed by atoms with E-state index in [-0.39, 0.29) is 5.57 Å². The Morgan fingerprint density at radius 2 is 1.17 bits per heavy atom. The number of hydrogen-bond acceptors (Lipinski definition) is 9. The van der Waals surface area contributed by atoms with Crippen LogP contribution in [0.4, 0.5) is 26.3 Å². The van der Waals surface area contributed by atoms with Crippen LogP contribution in [-0.2, 0) is 38.1 Å². The highest BCUT2D eigenvalue weighted by atomic mass is 19.4. The van der Waals surface area contributed by atoms with Crippen LogP contribution in [-0.4, -0.2) is 71.9 Å². The predicted molar refractivity (Wildman–Crippen MR) is 110 cm³/mol. The van der Waals surface area contributed by atoms with Gasteiger partial charge in [-0.1, -0.05) is 13.2 Å². The molecule has 0 saturated heterocycles. The van der Waals surface area contributed by atoms with Crippen molar-refractivity contribution in [2.24, 2.45) is 0 Å². The molecule has 0 atom stereocenters. The summed E-state index contributed by atoms with van der Waals surface area (Å²) in [4.78, 5) is 44.5. The predicted octanol–water partition coefficient (Wildman–Crippen LogP) is 3.34. The van der Waals surface area contributed by atoms with Gasteiger partial charge in [-0.15, -0.1) is 0 Å². The standard InChI is InChI=1S/C11H16O6.C10H12F6O3/c1-7(2)9(13)16-6-8(12)17-11(3,4)10(14)15-5;1-5(2)6(17)19-7(3,4)8(18,9(11,12)13)10(14,15)16/h1,6H2,2-5H3;18H,1H2,2-4H3. The van der Waals surface area contributed by atoms with Gasteiger partial charge >= 0.3 is 36.2 Å². The summed E-state index contributed by atoms with van der Waals surface area (Å²) in [6.45, 7) is 11.7. The summed E-state index contributed by atoms with van der Waals surface area (Å²) in [7, 11) is 1.18. The second-order valence-electron chi connectivity index (χ2n) is 8.22. The first kappa shape index (κ1) is 35.1. The van der Waals surface area contributed by atoms with Gasteiger partial charge in [0.2, 0.25) is 5.60 Å². The normalized spacial score (nSPS) is 12.4. The lowest BCUT2D eigenvalue weighted by atomic mass is 9.84.